The van der Waals surface area contributed by atoms with E-state index in [1.807, 2.05) is 0 Å². The molecular weight excluding hydrogens is 201 g/mol. The zero-order valence-corrected chi connectivity index (χ0v) is 9.17. The van der Waals surface area contributed by atoms with E-state index in [9.17, 15) is 14.0 Å². The summed E-state index contributed by atoms with van der Waals surface area (Å²) in [5.41, 5.74) is -1.04. The summed E-state index contributed by atoms with van der Waals surface area (Å²) in [6.07, 6.45) is -0.167. The molecule has 0 aliphatic heterocycles. The predicted octanol–water partition coefficient (Wildman–Crippen LogP) is 0.802. The lowest BCUT2D eigenvalue weighted by atomic mass is 10.1. The molecule has 1 N–H and O–H groups in total. The molecule has 0 bridgehead atoms. The first kappa shape index (κ1) is 11.9. The van der Waals surface area contributed by atoms with Crippen LogP contribution in [0.5, 0.6) is 0 Å². The number of amides is 1. The third kappa shape index (κ3) is 2.27. The summed E-state index contributed by atoms with van der Waals surface area (Å²) in [7, 11) is 1.25. The average Bonchev–Trinajstić information content (AvgIpc) is 2.97. The second-order valence-electron chi connectivity index (χ2n) is 4.01. The zero-order chi connectivity index (χ0) is 11.6. The number of rotatable bonds is 4. The number of nitrogens with one attached hydrogen (secondary N) is 1. The largest absolute Gasteiger partial charge is 0.468 e. The number of ether oxygens (including phenoxy) is 1. The van der Waals surface area contributed by atoms with Crippen LogP contribution in [0.25, 0.3) is 0 Å². The minimum atomic E-state index is -1.14. The predicted molar refractivity (Wildman–Crippen MR) is 51.9 cm³/mol. The molecule has 1 amide bonds. The van der Waals surface area contributed by atoms with Crippen LogP contribution in [0.15, 0.2) is 0 Å². The van der Waals surface area contributed by atoms with Crippen molar-refractivity contribution in [3.63, 3.8) is 0 Å². The van der Waals surface area contributed by atoms with Crippen LogP contribution in [0.1, 0.15) is 26.7 Å². The molecule has 1 aliphatic rings. The minimum absolute atomic E-state index is 0.425. The number of esters is 1. The van der Waals surface area contributed by atoms with E-state index in [-0.39, 0.29) is 0 Å². The monoisotopic (exact) mass is 217 g/mol. The highest BCUT2D eigenvalue weighted by Gasteiger charge is 2.58. The Morgan fingerprint density at radius 3 is 2.27 bits per heavy atom. The third-order valence-electron chi connectivity index (χ3n) is 2.81. The maximum absolute atomic E-state index is 12.8. The van der Waals surface area contributed by atoms with Crippen molar-refractivity contribution in [3.8, 4) is 0 Å². The van der Waals surface area contributed by atoms with Crippen molar-refractivity contribution in [2.75, 3.05) is 7.11 Å². The maximum Gasteiger partial charge on any atom is 0.321 e. The number of hydrogen-bond acceptors (Lipinski definition) is 3. The molecule has 15 heavy (non-hydrogen) atoms. The molecule has 0 saturated heterocycles. The molecule has 5 heteroatoms. The molecule has 0 aromatic heterocycles. The number of carbonyl (C=O) groups excluding carboxylic acids is 2. The van der Waals surface area contributed by atoms with Crippen LogP contribution in [-0.2, 0) is 14.3 Å². The highest BCUT2D eigenvalue weighted by atomic mass is 19.1. The second-order valence-corrected chi connectivity index (χ2v) is 4.01. The highest BCUT2D eigenvalue weighted by Crippen LogP contribution is 2.47. The van der Waals surface area contributed by atoms with Crippen LogP contribution < -0.4 is 5.32 Å². The Hall–Kier alpha value is -1.13. The van der Waals surface area contributed by atoms with Gasteiger partial charge >= 0.3 is 5.97 Å². The summed E-state index contributed by atoms with van der Waals surface area (Å²) in [5, 5.41) is 2.48. The second kappa shape index (κ2) is 4.16. The first-order chi connectivity index (χ1) is 6.94. The molecular formula is C10H16FNO3. The average molecular weight is 217 g/mol. The van der Waals surface area contributed by atoms with Gasteiger partial charge in [0, 0.05) is 0 Å². The van der Waals surface area contributed by atoms with Gasteiger partial charge in [-0.1, -0.05) is 0 Å². The van der Waals surface area contributed by atoms with E-state index in [2.05, 4.69) is 10.1 Å². The SMILES string of the molecule is COC(=O)C1(C(=O)NC(C)[C@@H](C)F)CC1. The highest BCUT2D eigenvalue weighted by molar-refractivity contribution is 6.05. The fourth-order valence-electron chi connectivity index (χ4n) is 1.30. The Kier molecular flexibility index (Phi) is 3.31. The van der Waals surface area contributed by atoms with Crippen molar-refractivity contribution in [2.45, 2.75) is 38.9 Å². The van der Waals surface area contributed by atoms with Gasteiger partial charge in [0.15, 0.2) is 0 Å². The van der Waals surface area contributed by atoms with Gasteiger partial charge in [-0.2, -0.15) is 0 Å². The van der Waals surface area contributed by atoms with Gasteiger partial charge < -0.3 is 10.1 Å². The molecule has 1 saturated carbocycles. The van der Waals surface area contributed by atoms with Gasteiger partial charge in [-0.25, -0.2) is 4.39 Å². The van der Waals surface area contributed by atoms with Crippen LogP contribution in [0.3, 0.4) is 0 Å². The van der Waals surface area contributed by atoms with Gasteiger partial charge in [0.2, 0.25) is 5.91 Å². The molecule has 1 fully saturated rings. The third-order valence-corrected chi connectivity index (χ3v) is 2.81. The van der Waals surface area contributed by atoms with Crippen molar-refractivity contribution >= 4 is 11.9 Å². The topological polar surface area (TPSA) is 55.4 Å². The molecule has 0 radical (unpaired) electrons. The van der Waals surface area contributed by atoms with E-state index in [0.29, 0.717) is 12.8 Å². The normalized spacial score (nSPS) is 21.3. The number of carbonyl (C=O) groups is 2. The van der Waals surface area contributed by atoms with Gasteiger partial charge in [0.25, 0.3) is 0 Å². The van der Waals surface area contributed by atoms with Gasteiger partial charge in [-0.3, -0.25) is 9.59 Å². The van der Waals surface area contributed by atoms with E-state index < -0.39 is 29.5 Å². The molecule has 0 aromatic carbocycles. The fourth-order valence-corrected chi connectivity index (χ4v) is 1.30. The van der Waals surface area contributed by atoms with E-state index in [1.54, 1.807) is 6.92 Å². The van der Waals surface area contributed by atoms with Crippen molar-refractivity contribution < 1.29 is 18.7 Å². The van der Waals surface area contributed by atoms with Crippen LogP contribution in [0.4, 0.5) is 4.39 Å². The van der Waals surface area contributed by atoms with E-state index in [1.165, 1.54) is 14.0 Å². The summed E-state index contributed by atoms with van der Waals surface area (Å²) in [4.78, 5) is 23.0. The van der Waals surface area contributed by atoms with E-state index in [0.717, 1.165) is 0 Å². The van der Waals surface area contributed by atoms with Crippen molar-refractivity contribution in [1.82, 2.24) is 5.32 Å². The molecule has 86 valence electrons. The van der Waals surface area contributed by atoms with E-state index in [4.69, 9.17) is 0 Å². The summed E-state index contributed by atoms with van der Waals surface area (Å²) in [6.45, 7) is 2.93. The van der Waals surface area contributed by atoms with Crippen LogP contribution in [0, 0.1) is 5.41 Å². The molecule has 0 spiro atoms. The van der Waals surface area contributed by atoms with Crippen LogP contribution >= 0.6 is 0 Å². The molecule has 2 atom stereocenters. The Labute approximate surface area is 88.2 Å². The van der Waals surface area contributed by atoms with Crippen molar-refractivity contribution in [1.29, 1.82) is 0 Å². The van der Waals surface area contributed by atoms with E-state index >= 15 is 0 Å². The smallest absolute Gasteiger partial charge is 0.321 e. The Morgan fingerprint density at radius 1 is 1.40 bits per heavy atom. The maximum atomic E-state index is 12.8. The molecule has 4 nitrogen and oxygen atoms in total. The van der Waals surface area contributed by atoms with Crippen LogP contribution in [-0.4, -0.2) is 31.2 Å². The lowest BCUT2D eigenvalue weighted by molar-refractivity contribution is -0.152. The number of halogens is 1. The van der Waals surface area contributed by atoms with Gasteiger partial charge in [0.1, 0.15) is 11.6 Å². The summed E-state index contributed by atoms with van der Waals surface area (Å²) < 4.78 is 17.4. The number of hydrogen-bond donors (Lipinski definition) is 1. The Balaban J connectivity index is 2.58. The lowest BCUT2D eigenvalue weighted by Crippen LogP contribution is -2.45. The summed E-state index contributed by atoms with van der Waals surface area (Å²) >= 11 is 0. The number of alkyl halides is 1. The fraction of sp³-hybridized carbons (Fsp3) is 0.800. The van der Waals surface area contributed by atoms with Crippen molar-refractivity contribution in [2.24, 2.45) is 5.41 Å². The van der Waals surface area contributed by atoms with Crippen molar-refractivity contribution in [3.05, 3.63) is 0 Å². The molecule has 0 aromatic rings. The van der Waals surface area contributed by atoms with Gasteiger partial charge in [0.05, 0.1) is 13.2 Å². The quantitative estimate of drug-likeness (QED) is 0.560. The Morgan fingerprint density at radius 2 is 1.93 bits per heavy atom. The number of methoxy groups -OCH3 is 1. The first-order valence-electron chi connectivity index (χ1n) is 4.97. The molecule has 0 heterocycles. The summed E-state index contributed by atoms with van der Waals surface area (Å²) in [5.74, 6) is -0.954. The van der Waals surface area contributed by atoms with Crippen LogP contribution in [0.2, 0.25) is 0 Å². The minimum Gasteiger partial charge on any atom is -0.468 e. The van der Waals surface area contributed by atoms with Gasteiger partial charge in [-0.15, -0.1) is 0 Å². The Bertz CT molecular complexity index is 274. The molecule has 1 unspecified atom stereocenters. The standard InChI is InChI=1S/C10H16FNO3/c1-6(11)7(2)12-8(13)10(4-5-10)9(14)15-3/h6-7H,4-5H2,1-3H3,(H,12,13)/t6-,7?/m1/s1. The first-order valence-corrected chi connectivity index (χ1v) is 4.97. The molecule has 1 rings (SSSR count). The lowest BCUT2D eigenvalue weighted by Gasteiger charge is -2.18. The summed E-state index contributed by atoms with van der Waals surface area (Å²) in [6, 6.07) is -0.584. The van der Waals surface area contributed by atoms with Gasteiger partial charge in [-0.05, 0) is 26.7 Å². The molecule has 1 aliphatic carbocycles. The zero-order valence-electron chi connectivity index (χ0n) is 9.17.